The molecule has 0 fully saturated rings. The summed E-state index contributed by atoms with van der Waals surface area (Å²) in [6.45, 7) is 3.40. The molecule has 8 nitrogen and oxygen atoms in total. The van der Waals surface area contributed by atoms with E-state index in [-0.39, 0.29) is 28.3 Å². The number of nitrogens with zero attached hydrogens (tertiary/aromatic N) is 1. The zero-order valence-corrected chi connectivity index (χ0v) is 12.6. The lowest BCUT2D eigenvalue weighted by atomic mass is 9.95. The van der Waals surface area contributed by atoms with Crippen molar-refractivity contribution in [3.63, 3.8) is 0 Å². The zero-order valence-electron chi connectivity index (χ0n) is 12.6. The van der Waals surface area contributed by atoms with Crippen molar-refractivity contribution in [3.05, 3.63) is 40.9 Å². The number of carbonyl (C=O) groups is 4. The lowest BCUT2D eigenvalue weighted by Crippen LogP contribution is -2.21. The molecule has 0 amide bonds. The summed E-state index contributed by atoms with van der Waals surface area (Å²) < 4.78 is 10.6. The van der Waals surface area contributed by atoms with Crippen LogP contribution in [0.4, 0.5) is 0 Å². The maximum atomic E-state index is 12.4. The van der Waals surface area contributed by atoms with Crippen molar-refractivity contribution < 1.29 is 33.8 Å². The monoisotopic (exact) mass is 319 g/mol. The van der Waals surface area contributed by atoms with Gasteiger partial charge >= 0.3 is 11.9 Å². The van der Waals surface area contributed by atoms with Gasteiger partial charge in [-0.2, -0.15) is 0 Å². The van der Waals surface area contributed by atoms with Gasteiger partial charge in [0.15, 0.2) is 5.76 Å². The van der Waals surface area contributed by atoms with Crippen LogP contribution in [0.1, 0.15) is 36.9 Å². The number of hydrogen-bond donors (Lipinski definition) is 1. The van der Waals surface area contributed by atoms with E-state index >= 15 is 0 Å². The number of esters is 1. The highest BCUT2D eigenvalue weighted by Crippen LogP contribution is 2.33. The van der Waals surface area contributed by atoms with Crippen molar-refractivity contribution in [1.82, 2.24) is 4.57 Å². The van der Waals surface area contributed by atoms with Gasteiger partial charge in [0.2, 0.25) is 11.6 Å². The molecule has 1 aromatic rings. The second-order valence-corrected chi connectivity index (χ2v) is 4.69. The van der Waals surface area contributed by atoms with E-state index in [9.17, 15) is 19.2 Å². The van der Waals surface area contributed by atoms with Crippen LogP contribution in [0.2, 0.25) is 0 Å². The molecule has 0 saturated heterocycles. The van der Waals surface area contributed by atoms with Crippen LogP contribution in [0.15, 0.2) is 18.4 Å². The number of aromatic nitrogens is 1. The summed E-state index contributed by atoms with van der Waals surface area (Å²) in [5.74, 6) is -3.88. The molecular weight excluding hydrogens is 306 g/mol. The number of rotatable bonds is 4. The summed E-state index contributed by atoms with van der Waals surface area (Å²) in [6.07, 6.45) is 0.985. The van der Waals surface area contributed by atoms with E-state index in [1.54, 1.807) is 0 Å². The number of carboxylic acids is 1. The van der Waals surface area contributed by atoms with Gasteiger partial charge in [-0.15, -0.1) is 0 Å². The largest absolute Gasteiger partial charge is 0.492 e. The summed E-state index contributed by atoms with van der Waals surface area (Å²) >= 11 is 0. The van der Waals surface area contributed by atoms with Crippen LogP contribution < -0.4 is 0 Å². The number of carbonyl (C=O) groups excluding carboxylic acids is 3. The minimum absolute atomic E-state index is 0.117. The molecular formula is C15H13NO7. The van der Waals surface area contributed by atoms with Crippen LogP contribution in [0.25, 0.3) is 5.57 Å². The fraction of sp³-hybridized carbons (Fsp3) is 0.200. The fourth-order valence-corrected chi connectivity index (χ4v) is 2.48. The minimum Gasteiger partial charge on any atom is -0.492 e. The van der Waals surface area contributed by atoms with E-state index in [0.717, 1.165) is 17.8 Å². The summed E-state index contributed by atoms with van der Waals surface area (Å²) in [5.41, 5.74) is -1.29. The third-order valence-electron chi connectivity index (χ3n) is 3.49. The van der Waals surface area contributed by atoms with Crippen LogP contribution in [-0.2, 0) is 21.3 Å². The Morgan fingerprint density at radius 3 is 2.35 bits per heavy atom. The first kappa shape index (κ1) is 16.2. The first-order chi connectivity index (χ1) is 10.8. The summed E-state index contributed by atoms with van der Waals surface area (Å²) in [7, 11) is 3.66. The van der Waals surface area contributed by atoms with Crippen LogP contribution in [0, 0.1) is 0 Å². The fourth-order valence-electron chi connectivity index (χ4n) is 2.48. The second-order valence-electron chi connectivity index (χ2n) is 4.69. The lowest BCUT2D eigenvalue weighted by molar-refractivity contribution is -0.130. The maximum absolute atomic E-state index is 12.4. The highest BCUT2D eigenvalue weighted by Gasteiger charge is 2.39. The minimum atomic E-state index is -1.40. The molecule has 1 N–H and O–H groups in total. The van der Waals surface area contributed by atoms with Gasteiger partial charge in [0, 0.05) is 13.1 Å². The topological polar surface area (TPSA) is 112 Å². The van der Waals surface area contributed by atoms with Gasteiger partial charge in [-0.25, -0.2) is 9.59 Å². The highest BCUT2D eigenvalue weighted by molar-refractivity contribution is 6.28. The predicted molar refractivity (Wildman–Crippen MR) is 77.2 cm³/mol. The van der Waals surface area contributed by atoms with E-state index in [1.165, 1.54) is 14.2 Å². The van der Waals surface area contributed by atoms with Crippen molar-refractivity contribution in [1.29, 1.82) is 0 Å². The number of ether oxygens (including phenoxy) is 2. The number of fused-ring (bicyclic) bond motifs is 1. The standard InChI is InChI=1S/C15H13NO7/c1-6(14(19)20)11-10(15(21)23-4)9-12(16(11)2)7(17)5-8(22-3)13(9)18/h5H,1H2,2-4H3,(H,19,20). The Bertz CT molecular complexity index is 810. The molecule has 0 spiro atoms. The van der Waals surface area contributed by atoms with E-state index in [1.807, 2.05) is 0 Å². The number of aliphatic carboxylic acids is 1. The van der Waals surface area contributed by atoms with Gasteiger partial charge in [0.1, 0.15) is 5.69 Å². The summed E-state index contributed by atoms with van der Waals surface area (Å²) in [4.78, 5) is 48.0. The van der Waals surface area contributed by atoms with Crippen molar-refractivity contribution in [2.45, 2.75) is 0 Å². The Kier molecular flexibility index (Phi) is 3.92. The second kappa shape index (κ2) is 5.56. The van der Waals surface area contributed by atoms with Crippen molar-refractivity contribution in [3.8, 4) is 0 Å². The number of methoxy groups -OCH3 is 2. The Balaban J connectivity index is 2.90. The van der Waals surface area contributed by atoms with Crippen LogP contribution in [0.3, 0.4) is 0 Å². The molecule has 0 bridgehead atoms. The molecule has 0 radical (unpaired) electrons. The molecule has 0 unspecified atom stereocenters. The molecule has 8 heteroatoms. The van der Waals surface area contributed by atoms with Crippen LogP contribution in [0.5, 0.6) is 0 Å². The normalized spacial score (nSPS) is 13.3. The molecule has 2 rings (SSSR count). The molecule has 1 heterocycles. The quantitative estimate of drug-likeness (QED) is 0.645. The first-order valence-corrected chi connectivity index (χ1v) is 6.34. The smallest absolute Gasteiger partial charge is 0.340 e. The molecule has 1 aliphatic rings. The van der Waals surface area contributed by atoms with E-state index < -0.39 is 29.1 Å². The maximum Gasteiger partial charge on any atom is 0.340 e. The average Bonchev–Trinajstić information content (AvgIpc) is 2.83. The predicted octanol–water partition coefficient (Wildman–Crippen LogP) is 0.819. The molecule has 1 aliphatic carbocycles. The van der Waals surface area contributed by atoms with Crippen molar-refractivity contribution >= 4 is 29.1 Å². The van der Waals surface area contributed by atoms with Gasteiger partial charge in [-0.1, -0.05) is 6.58 Å². The van der Waals surface area contributed by atoms with Crippen LogP contribution in [-0.4, -0.2) is 47.4 Å². The molecule has 0 aromatic carbocycles. The Morgan fingerprint density at radius 2 is 1.87 bits per heavy atom. The number of carboxylic acid groups (broad SMARTS) is 1. The van der Waals surface area contributed by atoms with Crippen molar-refractivity contribution in [2.24, 2.45) is 7.05 Å². The van der Waals surface area contributed by atoms with E-state index in [4.69, 9.17) is 9.84 Å². The number of allylic oxidation sites excluding steroid dienone is 2. The Morgan fingerprint density at radius 1 is 1.26 bits per heavy atom. The third-order valence-corrected chi connectivity index (χ3v) is 3.49. The van der Waals surface area contributed by atoms with Gasteiger partial charge in [0.05, 0.1) is 36.6 Å². The van der Waals surface area contributed by atoms with Gasteiger partial charge < -0.3 is 19.1 Å². The molecule has 0 aliphatic heterocycles. The lowest BCUT2D eigenvalue weighted by Gasteiger charge is -2.12. The third kappa shape index (κ3) is 2.24. The number of ketones is 2. The van der Waals surface area contributed by atoms with Gasteiger partial charge in [-0.3, -0.25) is 9.59 Å². The van der Waals surface area contributed by atoms with E-state index in [2.05, 4.69) is 11.3 Å². The Labute approximate surface area is 130 Å². The van der Waals surface area contributed by atoms with Crippen LogP contribution >= 0.6 is 0 Å². The van der Waals surface area contributed by atoms with Gasteiger partial charge in [-0.05, 0) is 0 Å². The zero-order chi connectivity index (χ0) is 17.5. The van der Waals surface area contributed by atoms with Gasteiger partial charge in [0.25, 0.3) is 0 Å². The van der Waals surface area contributed by atoms with Crippen molar-refractivity contribution in [2.75, 3.05) is 14.2 Å². The Hall–Kier alpha value is -3.16. The highest BCUT2D eigenvalue weighted by atomic mass is 16.5. The molecule has 0 saturated carbocycles. The first-order valence-electron chi connectivity index (χ1n) is 6.34. The SMILES string of the molecule is C=C(C(=O)O)c1c(C(=O)OC)c2c(n1C)C(=O)C=C(OC)C2=O. The summed E-state index contributed by atoms with van der Waals surface area (Å²) in [5, 5.41) is 9.16. The number of Topliss-reactive ketones (excluding diaryl/α,β-unsaturated/α-hetero) is 1. The number of hydrogen-bond acceptors (Lipinski definition) is 6. The molecule has 1 aromatic heterocycles. The molecule has 0 atom stereocenters. The molecule has 23 heavy (non-hydrogen) atoms. The van der Waals surface area contributed by atoms with E-state index in [0.29, 0.717) is 0 Å². The average molecular weight is 319 g/mol. The molecule has 120 valence electrons. The summed E-state index contributed by atoms with van der Waals surface area (Å²) in [6, 6.07) is 0.